The molecule has 0 amide bonds. The summed E-state index contributed by atoms with van der Waals surface area (Å²) in [5, 5.41) is 18.3. The van der Waals surface area contributed by atoms with Gasteiger partial charge in [0.2, 0.25) is 10.0 Å². The lowest BCUT2D eigenvalue weighted by atomic mass is 10.1. The fraction of sp³-hybridized carbons (Fsp3) is 0.294. The first kappa shape index (κ1) is 17.6. The number of aliphatic hydroxyl groups excluding tert-OH is 1. The molecule has 4 N–H and O–H groups in total. The Kier molecular flexibility index (Phi) is 6.29. The largest absolute Gasteiger partial charge is 0.387 e. The third-order valence-corrected chi connectivity index (χ3v) is 4.52. The van der Waals surface area contributed by atoms with Crippen LogP contribution in [0.15, 0.2) is 59.5 Å². The van der Waals surface area contributed by atoms with Crippen LogP contribution in [0, 0.1) is 0 Å². The molecule has 1 atom stereocenters. The van der Waals surface area contributed by atoms with Gasteiger partial charge in [-0.25, -0.2) is 13.6 Å². The number of nitrogens with two attached hydrogens (primary N) is 1. The lowest BCUT2D eigenvalue weighted by molar-refractivity contribution is 0.175. The van der Waals surface area contributed by atoms with Gasteiger partial charge in [-0.1, -0.05) is 42.5 Å². The average Bonchev–Trinajstić information content (AvgIpc) is 2.55. The molecule has 0 heterocycles. The summed E-state index contributed by atoms with van der Waals surface area (Å²) in [6, 6.07) is 16.1. The number of aliphatic hydroxyl groups is 1. The number of hydrogen-bond donors (Lipinski definition) is 3. The molecule has 0 aliphatic heterocycles. The van der Waals surface area contributed by atoms with Gasteiger partial charge in [0.15, 0.2) is 0 Å². The van der Waals surface area contributed by atoms with Crippen LogP contribution < -0.4 is 10.5 Å². The fourth-order valence-corrected chi connectivity index (χ4v) is 2.81. The van der Waals surface area contributed by atoms with Crippen molar-refractivity contribution in [2.45, 2.75) is 23.8 Å². The van der Waals surface area contributed by atoms with Crippen molar-refractivity contribution in [3.05, 3.63) is 65.7 Å². The third-order valence-electron chi connectivity index (χ3n) is 3.59. The van der Waals surface area contributed by atoms with Crippen molar-refractivity contribution >= 4 is 10.0 Å². The minimum absolute atomic E-state index is 0.130. The molecular formula is C17H22N2O3S. The molecule has 0 aliphatic rings. The van der Waals surface area contributed by atoms with Crippen molar-refractivity contribution in [2.75, 3.05) is 13.1 Å². The van der Waals surface area contributed by atoms with E-state index in [1.54, 1.807) is 12.1 Å². The zero-order valence-corrected chi connectivity index (χ0v) is 13.7. The number of rotatable bonds is 8. The Morgan fingerprint density at radius 1 is 1.04 bits per heavy atom. The summed E-state index contributed by atoms with van der Waals surface area (Å²) in [6.07, 6.45) is 1.22. The van der Waals surface area contributed by atoms with E-state index in [1.807, 2.05) is 30.3 Å². The van der Waals surface area contributed by atoms with Crippen LogP contribution in [0.4, 0.5) is 0 Å². The number of primary sulfonamides is 1. The topological polar surface area (TPSA) is 92.4 Å². The van der Waals surface area contributed by atoms with Gasteiger partial charge in [-0.05, 0) is 42.6 Å². The van der Waals surface area contributed by atoms with E-state index in [1.165, 1.54) is 12.1 Å². The van der Waals surface area contributed by atoms with Crippen molar-refractivity contribution in [3.8, 4) is 0 Å². The molecule has 0 aliphatic carbocycles. The van der Waals surface area contributed by atoms with E-state index in [0.717, 1.165) is 30.5 Å². The average molecular weight is 334 g/mol. The molecule has 0 bridgehead atoms. The highest BCUT2D eigenvalue weighted by atomic mass is 32.2. The highest BCUT2D eigenvalue weighted by Crippen LogP contribution is 2.11. The molecule has 0 unspecified atom stereocenters. The normalized spacial score (nSPS) is 13.0. The molecule has 0 saturated carbocycles. The molecular weight excluding hydrogens is 312 g/mol. The quantitative estimate of drug-likeness (QED) is 0.639. The maximum Gasteiger partial charge on any atom is 0.238 e. The molecule has 0 fully saturated rings. The monoisotopic (exact) mass is 334 g/mol. The molecule has 6 heteroatoms. The molecule has 0 spiro atoms. The number of sulfonamides is 1. The molecule has 2 aromatic carbocycles. The number of benzene rings is 2. The van der Waals surface area contributed by atoms with Crippen LogP contribution in [-0.4, -0.2) is 26.6 Å². The van der Waals surface area contributed by atoms with Crippen molar-refractivity contribution in [1.82, 2.24) is 5.32 Å². The van der Waals surface area contributed by atoms with Crippen LogP contribution in [0.5, 0.6) is 0 Å². The van der Waals surface area contributed by atoms with Crippen LogP contribution in [0.2, 0.25) is 0 Å². The molecule has 2 aromatic rings. The fourth-order valence-electron chi connectivity index (χ4n) is 2.30. The molecule has 23 heavy (non-hydrogen) atoms. The standard InChI is InChI=1S/C17H22N2O3S/c18-23(21,22)16-10-8-14(9-11-16)5-4-12-19-13-17(20)15-6-2-1-3-7-15/h1-3,6-11,17,19-20H,4-5,12-13H2,(H2,18,21,22)/t17-/m0/s1. The van der Waals surface area contributed by atoms with Gasteiger partial charge < -0.3 is 10.4 Å². The predicted molar refractivity (Wildman–Crippen MR) is 90.4 cm³/mol. The van der Waals surface area contributed by atoms with E-state index < -0.39 is 16.1 Å². The number of nitrogens with one attached hydrogen (secondary N) is 1. The smallest absolute Gasteiger partial charge is 0.238 e. The van der Waals surface area contributed by atoms with Crippen molar-refractivity contribution in [2.24, 2.45) is 5.14 Å². The van der Waals surface area contributed by atoms with E-state index in [0.29, 0.717) is 6.54 Å². The first-order valence-electron chi connectivity index (χ1n) is 7.52. The van der Waals surface area contributed by atoms with Crippen molar-refractivity contribution in [1.29, 1.82) is 0 Å². The Hall–Kier alpha value is -1.73. The Balaban J connectivity index is 1.69. The van der Waals surface area contributed by atoms with Gasteiger partial charge in [0.05, 0.1) is 11.0 Å². The second-order valence-electron chi connectivity index (χ2n) is 5.42. The van der Waals surface area contributed by atoms with Crippen LogP contribution in [-0.2, 0) is 16.4 Å². The number of hydrogen-bond acceptors (Lipinski definition) is 4. The summed E-state index contributed by atoms with van der Waals surface area (Å²) in [5.74, 6) is 0. The second-order valence-corrected chi connectivity index (χ2v) is 6.98. The van der Waals surface area contributed by atoms with Crippen molar-refractivity contribution in [3.63, 3.8) is 0 Å². The lowest BCUT2D eigenvalue weighted by Gasteiger charge is -2.12. The van der Waals surface area contributed by atoms with Crippen LogP contribution >= 0.6 is 0 Å². The first-order chi connectivity index (χ1) is 11.0. The van der Waals surface area contributed by atoms with Gasteiger partial charge in [0.1, 0.15) is 0 Å². The molecule has 124 valence electrons. The van der Waals surface area contributed by atoms with E-state index in [2.05, 4.69) is 5.32 Å². The third kappa shape index (κ3) is 5.76. The maximum absolute atomic E-state index is 11.2. The lowest BCUT2D eigenvalue weighted by Crippen LogP contribution is -2.22. The Morgan fingerprint density at radius 3 is 2.30 bits per heavy atom. The van der Waals surface area contributed by atoms with Crippen LogP contribution in [0.3, 0.4) is 0 Å². The van der Waals surface area contributed by atoms with Gasteiger partial charge >= 0.3 is 0 Å². The van der Waals surface area contributed by atoms with E-state index in [4.69, 9.17) is 5.14 Å². The van der Waals surface area contributed by atoms with Gasteiger partial charge in [0.25, 0.3) is 0 Å². The summed E-state index contributed by atoms with van der Waals surface area (Å²) in [4.78, 5) is 0.130. The predicted octanol–water partition coefficient (Wildman–Crippen LogP) is 1.59. The van der Waals surface area contributed by atoms with E-state index in [-0.39, 0.29) is 4.90 Å². The molecule has 0 radical (unpaired) electrons. The first-order valence-corrected chi connectivity index (χ1v) is 9.07. The summed E-state index contributed by atoms with van der Waals surface area (Å²) in [6.45, 7) is 1.29. The van der Waals surface area contributed by atoms with Gasteiger partial charge in [-0.15, -0.1) is 0 Å². The van der Waals surface area contributed by atoms with Gasteiger partial charge in [-0.2, -0.15) is 0 Å². The SMILES string of the molecule is NS(=O)(=O)c1ccc(CCCNC[C@H](O)c2ccccc2)cc1. The minimum atomic E-state index is -3.62. The summed E-state index contributed by atoms with van der Waals surface area (Å²) in [5.41, 5.74) is 1.96. The highest BCUT2D eigenvalue weighted by molar-refractivity contribution is 7.89. The van der Waals surface area contributed by atoms with E-state index >= 15 is 0 Å². The molecule has 5 nitrogen and oxygen atoms in total. The highest BCUT2D eigenvalue weighted by Gasteiger charge is 2.07. The maximum atomic E-state index is 11.2. The zero-order valence-electron chi connectivity index (χ0n) is 12.9. The van der Waals surface area contributed by atoms with E-state index in [9.17, 15) is 13.5 Å². The number of aryl methyl sites for hydroxylation is 1. The Morgan fingerprint density at radius 2 is 1.70 bits per heavy atom. The Bertz CT molecular complexity index is 700. The van der Waals surface area contributed by atoms with Crippen LogP contribution in [0.25, 0.3) is 0 Å². The second kappa shape index (κ2) is 8.21. The van der Waals surface area contributed by atoms with Gasteiger partial charge in [-0.3, -0.25) is 0 Å². The van der Waals surface area contributed by atoms with Gasteiger partial charge in [0, 0.05) is 6.54 Å². The minimum Gasteiger partial charge on any atom is -0.387 e. The van der Waals surface area contributed by atoms with Crippen molar-refractivity contribution < 1.29 is 13.5 Å². The molecule has 0 aromatic heterocycles. The van der Waals surface area contributed by atoms with Crippen LogP contribution in [0.1, 0.15) is 23.7 Å². The summed E-state index contributed by atoms with van der Waals surface area (Å²) >= 11 is 0. The summed E-state index contributed by atoms with van der Waals surface area (Å²) < 4.78 is 22.3. The molecule has 2 rings (SSSR count). The zero-order chi connectivity index (χ0) is 16.7. The summed E-state index contributed by atoms with van der Waals surface area (Å²) in [7, 11) is -3.62. The Labute approximate surface area is 137 Å². The molecule has 0 saturated heterocycles.